The molecule has 0 saturated carbocycles. The van der Waals surface area contributed by atoms with Gasteiger partial charge in [-0.1, -0.05) is 27.7 Å². The normalized spacial score (nSPS) is 15.9. The monoisotopic (exact) mass is 200 g/mol. The van der Waals surface area contributed by atoms with Crippen molar-refractivity contribution in [1.29, 1.82) is 0 Å². The molecule has 86 valence electrons. The quantitative estimate of drug-likeness (QED) is 0.587. The maximum Gasteiger partial charge on any atom is 0.00792 e. The number of rotatable bonds is 8. The summed E-state index contributed by atoms with van der Waals surface area (Å²) in [5, 5.41) is 6.96. The molecule has 0 aliphatic heterocycles. The van der Waals surface area contributed by atoms with Gasteiger partial charge in [-0.3, -0.25) is 0 Å². The van der Waals surface area contributed by atoms with Crippen molar-refractivity contribution >= 4 is 0 Å². The maximum absolute atomic E-state index is 3.48. The van der Waals surface area contributed by atoms with E-state index in [1.807, 2.05) is 0 Å². The Balaban J connectivity index is 3.21. The molecule has 0 bridgehead atoms. The van der Waals surface area contributed by atoms with Crippen LogP contribution in [0, 0.1) is 11.8 Å². The Morgan fingerprint density at radius 2 is 1.64 bits per heavy atom. The van der Waals surface area contributed by atoms with E-state index in [0.29, 0.717) is 6.04 Å². The Morgan fingerprint density at radius 1 is 1.00 bits per heavy atom. The molecule has 14 heavy (non-hydrogen) atoms. The van der Waals surface area contributed by atoms with Gasteiger partial charge in [0, 0.05) is 19.1 Å². The van der Waals surface area contributed by atoms with E-state index in [-0.39, 0.29) is 0 Å². The highest BCUT2D eigenvalue weighted by atomic mass is 15.0. The molecule has 0 amide bonds. The minimum atomic E-state index is 0.652. The molecule has 0 fully saturated rings. The number of hydrogen-bond donors (Lipinski definition) is 2. The van der Waals surface area contributed by atoms with E-state index in [1.165, 1.54) is 6.42 Å². The first kappa shape index (κ1) is 13.9. The van der Waals surface area contributed by atoms with Crippen molar-refractivity contribution in [2.75, 3.05) is 19.6 Å². The summed E-state index contributed by atoms with van der Waals surface area (Å²) < 4.78 is 0. The van der Waals surface area contributed by atoms with Crippen LogP contribution in [0.5, 0.6) is 0 Å². The summed E-state index contributed by atoms with van der Waals surface area (Å²) >= 11 is 0. The molecule has 0 aliphatic rings. The molecule has 2 heteroatoms. The van der Waals surface area contributed by atoms with Crippen molar-refractivity contribution in [3.8, 4) is 0 Å². The summed E-state index contributed by atoms with van der Waals surface area (Å²) in [4.78, 5) is 0. The third-order valence-electron chi connectivity index (χ3n) is 3.01. The average Bonchev–Trinajstić information content (AvgIpc) is 2.16. The second-order valence-corrected chi connectivity index (χ2v) is 4.69. The Bertz CT molecular complexity index is 123. The van der Waals surface area contributed by atoms with E-state index < -0.39 is 0 Å². The second-order valence-electron chi connectivity index (χ2n) is 4.69. The van der Waals surface area contributed by atoms with Crippen molar-refractivity contribution in [1.82, 2.24) is 10.6 Å². The largest absolute Gasteiger partial charge is 0.315 e. The van der Waals surface area contributed by atoms with Gasteiger partial charge in [0.05, 0.1) is 0 Å². The Hall–Kier alpha value is -0.0800. The van der Waals surface area contributed by atoms with Crippen LogP contribution in [0.4, 0.5) is 0 Å². The lowest BCUT2D eigenvalue weighted by Crippen LogP contribution is -2.35. The van der Waals surface area contributed by atoms with Crippen LogP contribution in [0.2, 0.25) is 0 Å². The average molecular weight is 200 g/mol. The van der Waals surface area contributed by atoms with Gasteiger partial charge in [0.2, 0.25) is 0 Å². The molecule has 0 saturated heterocycles. The topological polar surface area (TPSA) is 24.1 Å². The maximum atomic E-state index is 3.48. The SMILES string of the molecule is CCC(C)NCCNCC(C)C(C)C. The van der Waals surface area contributed by atoms with Crippen LogP contribution in [0.1, 0.15) is 41.0 Å². The fraction of sp³-hybridized carbons (Fsp3) is 1.00. The van der Waals surface area contributed by atoms with Crippen LogP contribution in [0.3, 0.4) is 0 Å². The van der Waals surface area contributed by atoms with Crippen LogP contribution < -0.4 is 10.6 Å². The van der Waals surface area contributed by atoms with Crippen molar-refractivity contribution in [3.05, 3.63) is 0 Å². The molecule has 0 rings (SSSR count). The van der Waals surface area contributed by atoms with Gasteiger partial charge in [-0.05, 0) is 31.7 Å². The molecule has 0 spiro atoms. The second kappa shape index (κ2) is 8.25. The fourth-order valence-electron chi connectivity index (χ4n) is 1.12. The Labute approximate surface area is 89.9 Å². The standard InChI is InChI=1S/C12H28N2/c1-6-12(5)14-8-7-13-9-11(4)10(2)3/h10-14H,6-9H2,1-5H3. The summed E-state index contributed by atoms with van der Waals surface area (Å²) in [6, 6.07) is 0.652. The lowest BCUT2D eigenvalue weighted by molar-refractivity contribution is 0.389. The molecular formula is C12H28N2. The highest BCUT2D eigenvalue weighted by molar-refractivity contribution is 4.63. The zero-order chi connectivity index (χ0) is 11.0. The molecule has 2 N–H and O–H groups in total. The van der Waals surface area contributed by atoms with Crippen LogP contribution in [0.25, 0.3) is 0 Å². The van der Waals surface area contributed by atoms with Gasteiger partial charge in [-0.25, -0.2) is 0 Å². The van der Waals surface area contributed by atoms with E-state index in [0.717, 1.165) is 31.5 Å². The first-order valence-corrected chi connectivity index (χ1v) is 6.02. The predicted molar refractivity (Wildman–Crippen MR) is 64.6 cm³/mol. The molecule has 0 aliphatic carbocycles. The van der Waals surface area contributed by atoms with E-state index in [9.17, 15) is 0 Å². The zero-order valence-corrected chi connectivity index (χ0v) is 10.6. The molecule has 2 unspecified atom stereocenters. The highest BCUT2D eigenvalue weighted by Gasteiger charge is 2.05. The molecule has 0 radical (unpaired) electrons. The van der Waals surface area contributed by atoms with Gasteiger partial charge >= 0.3 is 0 Å². The molecule has 0 aromatic heterocycles. The van der Waals surface area contributed by atoms with Crippen LogP contribution in [-0.2, 0) is 0 Å². The summed E-state index contributed by atoms with van der Waals surface area (Å²) in [7, 11) is 0. The summed E-state index contributed by atoms with van der Waals surface area (Å²) in [6.07, 6.45) is 1.21. The molecule has 0 aromatic carbocycles. The van der Waals surface area contributed by atoms with Crippen molar-refractivity contribution in [3.63, 3.8) is 0 Å². The third-order valence-corrected chi connectivity index (χ3v) is 3.01. The minimum absolute atomic E-state index is 0.652. The van der Waals surface area contributed by atoms with Gasteiger partial charge in [0.1, 0.15) is 0 Å². The Kier molecular flexibility index (Phi) is 8.20. The summed E-state index contributed by atoms with van der Waals surface area (Å²) in [5.41, 5.74) is 0. The van der Waals surface area contributed by atoms with E-state index >= 15 is 0 Å². The van der Waals surface area contributed by atoms with Crippen LogP contribution >= 0.6 is 0 Å². The smallest absolute Gasteiger partial charge is 0.00792 e. The predicted octanol–water partition coefficient (Wildman–Crippen LogP) is 2.26. The minimum Gasteiger partial charge on any atom is -0.315 e. The third kappa shape index (κ3) is 7.34. The first-order chi connectivity index (χ1) is 6.57. The van der Waals surface area contributed by atoms with Gasteiger partial charge < -0.3 is 10.6 Å². The van der Waals surface area contributed by atoms with Gasteiger partial charge in [0.25, 0.3) is 0 Å². The van der Waals surface area contributed by atoms with Crippen LogP contribution in [0.15, 0.2) is 0 Å². The molecule has 2 atom stereocenters. The lowest BCUT2D eigenvalue weighted by Gasteiger charge is -2.17. The highest BCUT2D eigenvalue weighted by Crippen LogP contribution is 2.06. The summed E-state index contributed by atoms with van der Waals surface area (Å²) in [5.74, 6) is 1.56. The van der Waals surface area contributed by atoms with Crippen molar-refractivity contribution in [2.24, 2.45) is 11.8 Å². The number of nitrogens with one attached hydrogen (secondary N) is 2. The van der Waals surface area contributed by atoms with Gasteiger partial charge in [-0.15, -0.1) is 0 Å². The van der Waals surface area contributed by atoms with E-state index in [2.05, 4.69) is 45.3 Å². The first-order valence-electron chi connectivity index (χ1n) is 6.02. The van der Waals surface area contributed by atoms with Gasteiger partial charge in [-0.2, -0.15) is 0 Å². The zero-order valence-electron chi connectivity index (χ0n) is 10.6. The van der Waals surface area contributed by atoms with E-state index in [1.54, 1.807) is 0 Å². The molecule has 0 aromatic rings. The van der Waals surface area contributed by atoms with Crippen molar-refractivity contribution < 1.29 is 0 Å². The summed E-state index contributed by atoms with van der Waals surface area (Å²) in [6.45, 7) is 14.6. The van der Waals surface area contributed by atoms with E-state index in [4.69, 9.17) is 0 Å². The fourth-order valence-corrected chi connectivity index (χ4v) is 1.12. The Morgan fingerprint density at radius 3 is 2.14 bits per heavy atom. The molecule has 2 nitrogen and oxygen atoms in total. The lowest BCUT2D eigenvalue weighted by atomic mass is 9.98. The van der Waals surface area contributed by atoms with Crippen LogP contribution in [-0.4, -0.2) is 25.7 Å². The molecule has 0 heterocycles. The van der Waals surface area contributed by atoms with Gasteiger partial charge in [0.15, 0.2) is 0 Å². The van der Waals surface area contributed by atoms with Crippen molar-refractivity contribution in [2.45, 2.75) is 47.1 Å². The number of hydrogen-bond acceptors (Lipinski definition) is 2. The molecular weight excluding hydrogens is 172 g/mol.